The third-order valence-electron chi connectivity index (χ3n) is 4.62. The number of carbonyl (C=O) groups excluding carboxylic acids is 2. The number of aryl methyl sites for hydroxylation is 2. The Bertz CT molecular complexity index is 1100. The molecule has 0 atom stereocenters. The number of hydrogen-bond acceptors (Lipinski definition) is 4. The first kappa shape index (κ1) is 25.6. The number of anilines is 2. The summed E-state index contributed by atoms with van der Waals surface area (Å²) < 4.78 is 5.26. The number of aromatic nitrogens is 1. The van der Waals surface area contributed by atoms with Crippen LogP contribution >= 0.6 is 0 Å². The number of pyridine rings is 1. The van der Waals surface area contributed by atoms with Gasteiger partial charge >= 0.3 is 6.09 Å². The molecule has 2 aromatic carbocycles. The van der Waals surface area contributed by atoms with E-state index >= 15 is 0 Å². The molecule has 0 bridgehead atoms. The summed E-state index contributed by atoms with van der Waals surface area (Å²) in [4.78, 5) is 29.3. The zero-order valence-corrected chi connectivity index (χ0v) is 20.4. The van der Waals surface area contributed by atoms with Crippen LogP contribution in [0.25, 0.3) is 11.3 Å². The van der Waals surface area contributed by atoms with E-state index in [4.69, 9.17) is 4.74 Å². The Balaban J connectivity index is 0.00000187. The smallest absolute Gasteiger partial charge is 0.412 e. The molecule has 2 N–H and O–H groups in total. The summed E-state index contributed by atoms with van der Waals surface area (Å²) in [5.74, 6) is -0.234. The van der Waals surface area contributed by atoms with Gasteiger partial charge in [0.1, 0.15) is 5.60 Å². The van der Waals surface area contributed by atoms with Crippen molar-refractivity contribution in [2.45, 2.75) is 54.1 Å². The van der Waals surface area contributed by atoms with Crippen molar-refractivity contribution in [3.8, 4) is 11.3 Å². The SMILES string of the molecule is CC.Cc1ccc(NC(=O)c2cccnc2-c2ccc(NC(=O)OC(C)(C)C)cc2)cc1C. The summed E-state index contributed by atoms with van der Waals surface area (Å²) in [6.07, 6.45) is 1.13. The fraction of sp³-hybridized carbons (Fsp3) is 0.296. The fourth-order valence-electron chi connectivity index (χ4n) is 2.97. The van der Waals surface area contributed by atoms with Gasteiger partial charge in [-0.3, -0.25) is 15.1 Å². The lowest BCUT2D eigenvalue weighted by atomic mass is 10.0. The van der Waals surface area contributed by atoms with E-state index in [0.29, 0.717) is 16.9 Å². The average molecular weight is 448 g/mol. The number of nitrogens with one attached hydrogen (secondary N) is 2. The van der Waals surface area contributed by atoms with Crippen LogP contribution in [0, 0.1) is 13.8 Å². The Labute approximate surface area is 196 Å². The summed E-state index contributed by atoms with van der Waals surface area (Å²) in [6.45, 7) is 13.5. The zero-order valence-electron chi connectivity index (χ0n) is 20.4. The minimum atomic E-state index is -0.573. The molecule has 0 aliphatic heterocycles. The maximum atomic E-state index is 12.9. The van der Waals surface area contributed by atoms with Crippen LogP contribution in [0.15, 0.2) is 60.8 Å². The topological polar surface area (TPSA) is 80.3 Å². The Hall–Kier alpha value is -3.67. The molecule has 0 saturated heterocycles. The van der Waals surface area contributed by atoms with Gasteiger partial charge in [-0.15, -0.1) is 0 Å². The number of hydrogen-bond donors (Lipinski definition) is 2. The molecule has 0 radical (unpaired) electrons. The molecule has 3 rings (SSSR count). The highest BCUT2D eigenvalue weighted by atomic mass is 16.6. The van der Waals surface area contributed by atoms with Crippen molar-refractivity contribution in [2.75, 3.05) is 10.6 Å². The van der Waals surface area contributed by atoms with Crippen molar-refractivity contribution in [3.05, 3.63) is 77.5 Å². The standard InChI is InChI=1S/C25H27N3O3.C2H6/c1-16-8-11-20(15-17(16)2)27-23(29)21-7-6-14-26-22(21)18-9-12-19(13-10-18)28-24(30)31-25(3,4)5;1-2/h6-15H,1-5H3,(H,27,29)(H,28,30);1-2H3. The lowest BCUT2D eigenvalue weighted by molar-refractivity contribution is 0.0635. The number of ether oxygens (including phenoxy) is 1. The molecule has 0 spiro atoms. The summed E-state index contributed by atoms with van der Waals surface area (Å²) in [7, 11) is 0. The Kier molecular flexibility index (Phi) is 8.74. The summed E-state index contributed by atoms with van der Waals surface area (Å²) in [5.41, 5.74) is 4.82. The zero-order chi connectivity index (χ0) is 24.6. The van der Waals surface area contributed by atoms with E-state index in [2.05, 4.69) is 15.6 Å². The van der Waals surface area contributed by atoms with Crippen LogP contribution < -0.4 is 10.6 Å². The van der Waals surface area contributed by atoms with Gasteiger partial charge in [0.05, 0.1) is 11.3 Å². The Morgan fingerprint density at radius 3 is 2.09 bits per heavy atom. The van der Waals surface area contributed by atoms with E-state index in [-0.39, 0.29) is 5.91 Å². The third-order valence-corrected chi connectivity index (χ3v) is 4.62. The third kappa shape index (κ3) is 7.45. The quantitative estimate of drug-likeness (QED) is 0.452. The highest BCUT2D eigenvalue weighted by molar-refractivity contribution is 6.08. The van der Waals surface area contributed by atoms with E-state index in [1.54, 1.807) is 51.2 Å². The minimum absolute atomic E-state index is 0.234. The van der Waals surface area contributed by atoms with Gasteiger partial charge in [0.2, 0.25) is 0 Å². The van der Waals surface area contributed by atoms with Crippen molar-refractivity contribution in [1.29, 1.82) is 0 Å². The summed E-state index contributed by atoms with van der Waals surface area (Å²) in [6, 6.07) is 16.4. The predicted molar refractivity (Wildman–Crippen MR) is 135 cm³/mol. The molecule has 3 aromatic rings. The van der Waals surface area contributed by atoms with E-state index in [1.807, 2.05) is 58.0 Å². The first-order chi connectivity index (χ1) is 15.6. The van der Waals surface area contributed by atoms with Gasteiger partial charge in [-0.1, -0.05) is 32.0 Å². The van der Waals surface area contributed by atoms with Crippen LogP contribution in [-0.4, -0.2) is 22.6 Å². The minimum Gasteiger partial charge on any atom is -0.444 e. The number of nitrogens with zero attached hydrogens (tertiary/aromatic N) is 1. The largest absolute Gasteiger partial charge is 0.444 e. The van der Waals surface area contributed by atoms with Crippen molar-refractivity contribution in [2.24, 2.45) is 0 Å². The fourth-order valence-corrected chi connectivity index (χ4v) is 2.97. The molecule has 1 aromatic heterocycles. The van der Waals surface area contributed by atoms with Gasteiger partial charge in [0, 0.05) is 23.1 Å². The highest BCUT2D eigenvalue weighted by Gasteiger charge is 2.17. The van der Waals surface area contributed by atoms with Crippen LogP contribution in [0.1, 0.15) is 56.1 Å². The Morgan fingerprint density at radius 1 is 0.848 bits per heavy atom. The summed E-state index contributed by atoms with van der Waals surface area (Å²) in [5, 5.41) is 5.64. The maximum absolute atomic E-state index is 12.9. The number of benzene rings is 2. The van der Waals surface area contributed by atoms with Crippen molar-refractivity contribution in [3.63, 3.8) is 0 Å². The van der Waals surface area contributed by atoms with Gasteiger partial charge in [-0.2, -0.15) is 0 Å². The van der Waals surface area contributed by atoms with E-state index < -0.39 is 11.7 Å². The van der Waals surface area contributed by atoms with Crippen molar-refractivity contribution in [1.82, 2.24) is 4.98 Å². The maximum Gasteiger partial charge on any atom is 0.412 e. The molecule has 1 heterocycles. The van der Waals surface area contributed by atoms with Gasteiger partial charge in [-0.05, 0) is 82.1 Å². The molecule has 174 valence electrons. The predicted octanol–water partition coefficient (Wildman–Crippen LogP) is 6.99. The Morgan fingerprint density at radius 2 is 1.48 bits per heavy atom. The van der Waals surface area contributed by atoms with Crippen LogP contribution in [0.3, 0.4) is 0 Å². The molecular formula is C27H33N3O3. The lowest BCUT2D eigenvalue weighted by Gasteiger charge is -2.19. The van der Waals surface area contributed by atoms with E-state index in [1.165, 1.54) is 5.56 Å². The molecule has 0 saturated carbocycles. The lowest BCUT2D eigenvalue weighted by Crippen LogP contribution is -2.27. The number of amides is 2. The van der Waals surface area contributed by atoms with E-state index in [0.717, 1.165) is 16.8 Å². The molecule has 6 nitrogen and oxygen atoms in total. The van der Waals surface area contributed by atoms with Crippen LogP contribution in [0.5, 0.6) is 0 Å². The van der Waals surface area contributed by atoms with Crippen LogP contribution in [0.4, 0.5) is 16.2 Å². The molecule has 0 unspecified atom stereocenters. The van der Waals surface area contributed by atoms with Gasteiger partial charge in [-0.25, -0.2) is 4.79 Å². The summed E-state index contributed by atoms with van der Waals surface area (Å²) >= 11 is 0. The monoisotopic (exact) mass is 447 g/mol. The van der Waals surface area contributed by atoms with Gasteiger partial charge in [0.25, 0.3) is 5.91 Å². The molecule has 0 aliphatic rings. The van der Waals surface area contributed by atoms with E-state index in [9.17, 15) is 9.59 Å². The normalized spacial score (nSPS) is 10.5. The molecular weight excluding hydrogens is 414 g/mol. The van der Waals surface area contributed by atoms with Crippen LogP contribution in [0.2, 0.25) is 0 Å². The number of rotatable bonds is 4. The van der Waals surface area contributed by atoms with Crippen molar-refractivity contribution >= 4 is 23.4 Å². The second-order valence-corrected chi connectivity index (χ2v) is 8.36. The van der Waals surface area contributed by atoms with Crippen molar-refractivity contribution < 1.29 is 14.3 Å². The molecule has 0 fully saturated rings. The first-order valence-electron chi connectivity index (χ1n) is 11.1. The molecule has 0 aliphatic carbocycles. The average Bonchev–Trinajstić information content (AvgIpc) is 2.77. The molecule has 6 heteroatoms. The first-order valence-corrected chi connectivity index (χ1v) is 11.1. The van der Waals surface area contributed by atoms with Crippen LogP contribution in [-0.2, 0) is 4.74 Å². The molecule has 33 heavy (non-hydrogen) atoms. The second kappa shape index (κ2) is 11.3. The van der Waals surface area contributed by atoms with Gasteiger partial charge in [0.15, 0.2) is 0 Å². The molecule has 2 amide bonds. The van der Waals surface area contributed by atoms with Gasteiger partial charge < -0.3 is 10.1 Å². The second-order valence-electron chi connectivity index (χ2n) is 8.36. The highest BCUT2D eigenvalue weighted by Crippen LogP contribution is 2.25. The number of carbonyl (C=O) groups is 2.